The monoisotopic (exact) mass is 383 g/mol. The third-order valence-electron chi connectivity index (χ3n) is 5.05. The summed E-state index contributed by atoms with van der Waals surface area (Å²) in [7, 11) is 0. The van der Waals surface area contributed by atoms with E-state index in [1.165, 1.54) is 11.5 Å². The van der Waals surface area contributed by atoms with Crippen LogP contribution in [0.15, 0.2) is 50.0 Å². The molecule has 0 saturated carbocycles. The molecule has 2 unspecified atom stereocenters. The zero-order chi connectivity index (χ0) is 19.8. The lowest BCUT2D eigenvalue weighted by atomic mass is 10.0. The van der Waals surface area contributed by atoms with Crippen molar-refractivity contribution in [1.29, 1.82) is 0 Å². The second kappa shape index (κ2) is 7.03. The number of benzene rings is 1. The number of likely N-dealkylation sites (tertiary alicyclic amines) is 1. The maximum atomic E-state index is 12.9. The predicted molar refractivity (Wildman–Crippen MR) is 101 cm³/mol. The van der Waals surface area contributed by atoms with E-state index in [1.807, 2.05) is 19.1 Å². The Kier molecular flexibility index (Phi) is 4.54. The summed E-state index contributed by atoms with van der Waals surface area (Å²) in [5.41, 5.74) is 1.03. The summed E-state index contributed by atoms with van der Waals surface area (Å²) in [6.07, 6.45) is 0. The minimum absolute atomic E-state index is 0.119. The van der Waals surface area contributed by atoms with Crippen LogP contribution in [-0.2, 0) is 16.1 Å². The van der Waals surface area contributed by atoms with Gasteiger partial charge >= 0.3 is 5.76 Å². The molecule has 1 N–H and O–H groups in total. The molecule has 0 aliphatic carbocycles. The molecule has 8 nitrogen and oxygen atoms in total. The zero-order valence-corrected chi connectivity index (χ0v) is 15.7. The van der Waals surface area contributed by atoms with Crippen LogP contribution in [0.1, 0.15) is 24.4 Å². The number of furan rings is 1. The van der Waals surface area contributed by atoms with Crippen LogP contribution >= 0.6 is 0 Å². The number of carbonyl (C=O) groups excluding carboxylic acids is 2. The molecule has 0 bridgehead atoms. The van der Waals surface area contributed by atoms with Gasteiger partial charge in [-0.1, -0.05) is 12.1 Å². The maximum absolute atomic E-state index is 12.9. The van der Waals surface area contributed by atoms with Gasteiger partial charge in [0.15, 0.2) is 5.58 Å². The molecule has 0 spiro atoms. The molecule has 3 heterocycles. The fourth-order valence-electron chi connectivity index (χ4n) is 3.75. The molecular weight excluding hydrogens is 362 g/mol. The highest BCUT2D eigenvalue weighted by Crippen LogP contribution is 2.29. The van der Waals surface area contributed by atoms with Gasteiger partial charge in [0.05, 0.1) is 17.5 Å². The largest absolute Gasteiger partial charge is 0.466 e. The van der Waals surface area contributed by atoms with Gasteiger partial charge in [0.25, 0.3) is 0 Å². The van der Waals surface area contributed by atoms with Crippen LogP contribution in [-0.4, -0.2) is 40.4 Å². The molecule has 2 aromatic heterocycles. The normalized spacial score (nSPS) is 19.3. The first-order chi connectivity index (χ1) is 13.4. The van der Waals surface area contributed by atoms with E-state index in [0.717, 1.165) is 11.5 Å². The summed E-state index contributed by atoms with van der Waals surface area (Å²) >= 11 is 0. The lowest BCUT2D eigenvalue weighted by molar-refractivity contribution is -0.131. The summed E-state index contributed by atoms with van der Waals surface area (Å²) in [5.74, 6) is 0.430. The van der Waals surface area contributed by atoms with Crippen LogP contribution in [0.3, 0.4) is 0 Å². The minimum Gasteiger partial charge on any atom is -0.466 e. The number of nitrogens with one attached hydrogen (secondary N) is 1. The number of fused-ring (bicyclic) bond motifs is 1. The summed E-state index contributed by atoms with van der Waals surface area (Å²) in [6.45, 7) is 3.94. The van der Waals surface area contributed by atoms with Crippen molar-refractivity contribution in [2.45, 2.75) is 32.4 Å². The first-order valence-corrected chi connectivity index (χ1v) is 9.12. The lowest BCUT2D eigenvalue weighted by Crippen LogP contribution is -2.40. The van der Waals surface area contributed by atoms with E-state index >= 15 is 0 Å². The summed E-state index contributed by atoms with van der Waals surface area (Å²) in [6, 6.07) is 10.5. The van der Waals surface area contributed by atoms with Crippen LogP contribution in [0.5, 0.6) is 0 Å². The number of nitrogens with zero attached hydrogens (tertiary/aromatic N) is 2. The molecule has 1 saturated heterocycles. The third-order valence-corrected chi connectivity index (χ3v) is 5.05. The van der Waals surface area contributed by atoms with E-state index in [2.05, 4.69) is 5.32 Å². The fourth-order valence-corrected chi connectivity index (χ4v) is 3.75. The number of oxazole rings is 1. The molecule has 28 heavy (non-hydrogen) atoms. The van der Waals surface area contributed by atoms with E-state index < -0.39 is 5.76 Å². The van der Waals surface area contributed by atoms with E-state index in [1.54, 1.807) is 29.2 Å². The molecule has 2 atom stereocenters. The van der Waals surface area contributed by atoms with Crippen molar-refractivity contribution in [3.05, 3.63) is 58.5 Å². The van der Waals surface area contributed by atoms with Crippen molar-refractivity contribution in [2.75, 3.05) is 13.1 Å². The molecule has 1 fully saturated rings. The van der Waals surface area contributed by atoms with Gasteiger partial charge in [0.1, 0.15) is 18.1 Å². The Hall–Kier alpha value is -3.29. The van der Waals surface area contributed by atoms with Gasteiger partial charge in [0, 0.05) is 20.0 Å². The van der Waals surface area contributed by atoms with Gasteiger partial charge in [0.2, 0.25) is 11.8 Å². The standard InChI is InChI=1S/C20H21N3O5/c1-12-7-8-17(27-12)14-9-22(10-15(14)21-13(2)24)19(25)11-23-16-5-3-4-6-18(16)28-20(23)26/h3-8,14-15H,9-11H2,1-2H3,(H,21,24). The molecule has 0 radical (unpaired) electrons. The van der Waals surface area contributed by atoms with Crippen molar-refractivity contribution in [3.8, 4) is 0 Å². The van der Waals surface area contributed by atoms with Crippen molar-refractivity contribution in [1.82, 2.24) is 14.8 Å². The Morgan fingerprint density at radius 1 is 1.14 bits per heavy atom. The van der Waals surface area contributed by atoms with Crippen LogP contribution in [0.2, 0.25) is 0 Å². The van der Waals surface area contributed by atoms with Gasteiger partial charge in [-0.15, -0.1) is 0 Å². The van der Waals surface area contributed by atoms with Crippen molar-refractivity contribution >= 4 is 22.9 Å². The average molecular weight is 383 g/mol. The fraction of sp³-hybridized carbons (Fsp3) is 0.350. The van der Waals surface area contributed by atoms with Crippen LogP contribution < -0.4 is 11.1 Å². The Morgan fingerprint density at radius 2 is 1.93 bits per heavy atom. The van der Waals surface area contributed by atoms with E-state index in [4.69, 9.17) is 8.83 Å². The van der Waals surface area contributed by atoms with Crippen molar-refractivity contribution in [3.63, 3.8) is 0 Å². The molecule has 4 rings (SSSR count). The number of hydrogen-bond donors (Lipinski definition) is 1. The Balaban J connectivity index is 1.56. The molecule has 1 aliphatic heterocycles. The number of hydrogen-bond acceptors (Lipinski definition) is 5. The third kappa shape index (κ3) is 3.33. The van der Waals surface area contributed by atoms with Gasteiger partial charge in [-0.05, 0) is 31.2 Å². The van der Waals surface area contributed by atoms with Crippen LogP contribution in [0, 0.1) is 6.92 Å². The first-order valence-electron chi connectivity index (χ1n) is 9.12. The van der Waals surface area contributed by atoms with Gasteiger partial charge < -0.3 is 19.1 Å². The van der Waals surface area contributed by atoms with Gasteiger partial charge in [-0.3, -0.25) is 14.2 Å². The molecule has 146 valence electrons. The topological polar surface area (TPSA) is 97.7 Å². The number of aryl methyl sites for hydroxylation is 1. The van der Waals surface area contributed by atoms with Gasteiger partial charge in [-0.2, -0.15) is 0 Å². The summed E-state index contributed by atoms with van der Waals surface area (Å²) < 4.78 is 12.3. The molecule has 8 heteroatoms. The highest BCUT2D eigenvalue weighted by molar-refractivity contribution is 5.80. The molecule has 2 amide bonds. The Labute approximate surface area is 160 Å². The first kappa shape index (κ1) is 18.1. The smallest absolute Gasteiger partial charge is 0.420 e. The Morgan fingerprint density at radius 3 is 2.64 bits per heavy atom. The average Bonchev–Trinajstić information content (AvgIpc) is 3.33. The number of amides is 2. The highest BCUT2D eigenvalue weighted by atomic mass is 16.4. The molecule has 1 aliphatic rings. The van der Waals surface area contributed by atoms with Crippen LogP contribution in [0.4, 0.5) is 0 Å². The van der Waals surface area contributed by atoms with Gasteiger partial charge in [-0.25, -0.2) is 4.79 Å². The summed E-state index contributed by atoms with van der Waals surface area (Å²) in [5, 5.41) is 2.90. The van der Waals surface area contributed by atoms with E-state index in [9.17, 15) is 14.4 Å². The number of aromatic nitrogens is 1. The van der Waals surface area contributed by atoms with E-state index in [0.29, 0.717) is 24.2 Å². The Bertz CT molecular complexity index is 1090. The second-order valence-corrected chi connectivity index (χ2v) is 7.08. The van der Waals surface area contributed by atoms with Crippen molar-refractivity contribution in [2.24, 2.45) is 0 Å². The lowest BCUT2D eigenvalue weighted by Gasteiger charge is -2.17. The van der Waals surface area contributed by atoms with Crippen molar-refractivity contribution < 1.29 is 18.4 Å². The van der Waals surface area contributed by atoms with E-state index in [-0.39, 0.29) is 30.3 Å². The number of para-hydroxylation sites is 2. The van der Waals surface area contributed by atoms with Crippen LogP contribution in [0.25, 0.3) is 11.1 Å². The molecule has 1 aromatic carbocycles. The second-order valence-electron chi connectivity index (χ2n) is 7.08. The number of carbonyl (C=O) groups is 2. The quantitative estimate of drug-likeness (QED) is 0.738. The molecular formula is C20H21N3O5. The number of rotatable bonds is 4. The minimum atomic E-state index is -0.564. The SMILES string of the molecule is CC(=O)NC1CN(C(=O)Cn2c(=O)oc3ccccc32)CC1c1ccc(C)o1. The highest BCUT2D eigenvalue weighted by Gasteiger charge is 2.38. The zero-order valence-electron chi connectivity index (χ0n) is 15.7. The summed E-state index contributed by atoms with van der Waals surface area (Å²) in [4.78, 5) is 38.3. The predicted octanol–water partition coefficient (Wildman–Crippen LogP) is 1.63. The molecule has 3 aromatic rings. The maximum Gasteiger partial charge on any atom is 0.420 e.